The maximum Gasteiger partial charge on any atom is 0.120 e. The summed E-state index contributed by atoms with van der Waals surface area (Å²) in [5.41, 5.74) is 4.74. The van der Waals surface area contributed by atoms with Crippen LogP contribution in [-0.2, 0) is 6.42 Å². The number of hydrogen-bond acceptors (Lipinski definition) is 2. The van der Waals surface area contributed by atoms with Gasteiger partial charge in [0.2, 0.25) is 0 Å². The fourth-order valence-electron chi connectivity index (χ4n) is 1.89. The van der Waals surface area contributed by atoms with Gasteiger partial charge in [0.25, 0.3) is 0 Å². The van der Waals surface area contributed by atoms with E-state index in [0.29, 0.717) is 6.61 Å². The van der Waals surface area contributed by atoms with E-state index in [0.717, 1.165) is 29.7 Å². The second-order valence-electron chi connectivity index (χ2n) is 4.16. The predicted octanol–water partition coefficient (Wildman–Crippen LogP) is 3.19. The van der Waals surface area contributed by atoms with E-state index in [1.165, 1.54) is 11.1 Å². The van der Waals surface area contributed by atoms with Gasteiger partial charge in [0.15, 0.2) is 0 Å². The number of rotatable bonds is 3. The molecule has 1 aromatic rings. The molecule has 0 aliphatic heterocycles. The van der Waals surface area contributed by atoms with E-state index in [-0.39, 0.29) is 6.10 Å². The zero-order valence-corrected chi connectivity index (χ0v) is 10.00. The molecule has 16 heavy (non-hydrogen) atoms. The van der Waals surface area contributed by atoms with Crippen LogP contribution < -0.4 is 4.74 Å². The van der Waals surface area contributed by atoms with E-state index < -0.39 is 0 Å². The molecule has 0 saturated heterocycles. The highest BCUT2D eigenvalue weighted by Crippen LogP contribution is 2.33. The van der Waals surface area contributed by atoms with E-state index in [1.54, 1.807) is 0 Å². The molecule has 86 valence electrons. The SMILES string of the molecule is C/C(=C/Cl)COc1ccc2c(c1)CCC2O. The first-order valence-corrected chi connectivity index (χ1v) is 5.84. The van der Waals surface area contributed by atoms with Gasteiger partial charge in [-0.3, -0.25) is 0 Å². The summed E-state index contributed by atoms with van der Waals surface area (Å²) >= 11 is 5.56. The third kappa shape index (κ3) is 2.39. The van der Waals surface area contributed by atoms with Crippen molar-refractivity contribution in [3.8, 4) is 5.75 Å². The normalized spacial score (nSPS) is 19.7. The fraction of sp³-hybridized carbons (Fsp3) is 0.385. The van der Waals surface area contributed by atoms with Gasteiger partial charge in [-0.1, -0.05) is 17.7 Å². The molecule has 2 nitrogen and oxygen atoms in total. The summed E-state index contributed by atoms with van der Waals surface area (Å²) in [6.45, 7) is 2.43. The second kappa shape index (κ2) is 4.89. The van der Waals surface area contributed by atoms with Gasteiger partial charge in [-0.05, 0) is 48.6 Å². The second-order valence-corrected chi connectivity index (χ2v) is 4.38. The number of benzene rings is 1. The Bertz CT molecular complexity index is 412. The van der Waals surface area contributed by atoms with Crippen molar-refractivity contribution < 1.29 is 9.84 Å². The van der Waals surface area contributed by atoms with Gasteiger partial charge in [0.1, 0.15) is 12.4 Å². The van der Waals surface area contributed by atoms with Crippen LogP contribution in [0.4, 0.5) is 0 Å². The molecule has 0 heterocycles. The number of ether oxygens (including phenoxy) is 1. The summed E-state index contributed by atoms with van der Waals surface area (Å²) in [4.78, 5) is 0. The van der Waals surface area contributed by atoms with Gasteiger partial charge < -0.3 is 9.84 Å². The van der Waals surface area contributed by atoms with E-state index in [4.69, 9.17) is 16.3 Å². The molecule has 1 atom stereocenters. The molecule has 1 aromatic carbocycles. The zero-order valence-electron chi connectivity index (χ0n) is 9.24. The largest absolute Gasteiger partial charge is 0.489 e. The Kier molecular flexibility index (Phi) is 3.52. The van der Waals surface area contributed by atoms with E-state index in [9.17, 15) is 5.11 Å². The highest BCUT2D eigenvalue weighted by atomic mass is 35.5. The molecule has 3 heteroatoms. The molecule has 0 amide bonds. The summed E-state index contributed by atoms with van der Waals surface area (Å²) in [5, 5.41) is 9.66. The smallest absolute Gasteiger partial charge is 0.120 e. The van der Waals surface area contributed by atoms with Crippen LogP contribution in [0.3, 0.4) is 0 Å². The highest BCUT2D eigenvalue weighted by Gasteiger charge is 2.20. The maximum atomic E-state index is 9.66. The van der Waals surface area contributed by atoms with Crippen LogP contribution in [0.2, 0.25) is 0 Å². The fourth-order valence-corrected chi connectivity index (χ4v) is 1.95. The highest BCUT2D eigenvalue weighted by molar-refractivity contribution is 6.25. The average Bonchev–Trinajstić information content (AvgIpc) is 2.67. The number of fused-ring (bicyclic) bond motifs is 1. The first-order chi connectivity index (χ1) is 7.70. The van der Waals surface area contributed by atoms with Crippen LogP contribution in [0.15, 0.2) is 29.3 Å². The third-order valence-electron chi connectivity index (χ3n) is 2.81. The molecule has 1 N–H and O–H groups in total. The summed E-state index contributed by atoms with van der Waals surface area (Å²) < 4.78 is 5.58. The van der Waals surface area contributed by atoms with Crippen LogP contribution in [-0.4, -0.2) is 11.7 Å². The molecule has 2 rings (SSSR count). The monoisotopic (exact) mass is 238 g/mol. The quantitative estimate of drug-likeness (QED) is 0.877. The molecule has 0 spiro atoms. The van der Waals surface area contributed by atoms with Gasteiger partial charge in [-0.15, -0.1) is 0 Å². The molecule has 0 saturated carbocycles. The lowest BCUT2D eigenvalue weighted by atomic mass is 10.1. The molecule has 0 aromatic heterocycles. The maximum absolute atomic E-state index is 9.66. The molecule has 0 radical (unpaired) electrons. The molecular formula is C13H15ClO2. The molecular weight excluding hydrogens is 224 g/mol. The minimum atomic E-state index is -0.298. The number of aliphatic hydroxyl groups excluding tert-OH is 1. The van der Waals surface area contributed by atoms with Crippen molar-refractivity contribution >= 4 is 11.6 Å². The summed E-state index contributed by atoms with van der Waals surface area (Å²) in [5.74, 6) is 0.839. The van der Waals surface area contributed by atoms with Crippen molar-refractivity contribution in [3.05, 3.63) is 40.4 Å². The van der Waals surface area contributed by atoms with Gasteiger partial charge in [0.05, 0.1) is 6.10 Å². The Morgan fingerprint density at radius 1 is 1.62 bits per heavy atom. The van der Waals surface area contributed by atoms with Crippen molar-refractivity contribution in [2.45, 2.75) is 25.9 Å². The Morgan fingerprint density at radius 2 is 2.44 bits per heavy atom. The third-order valence-corrected chi connectivity index (χ3v) is 3.19. The first-order valence-electron chi connectivity index (χ1n) is 5.40. The van der Waals surface area contributed by atoms with E-state index in [2.05, 4.69) is 0 Å². The molecule has 1 unspecified atom stereocenters. The van der Waals surface area contributed by atoms with E-state index in [1.807, 2.05) is 25.1 Å². The molecule has 0 bridgehead atoms. The summed E-state index contributed by atoms with van der Waals surface area (Å²) in [6, 6.07) is 5.85. The van der Waals surface area contributed by atoms with Crippen LogP contribution in [0, 0.1) is 0 Å². The van der Waals surface area contributed by atoms with Gasteiger partial charge >= 0.3 is 0 Å². The first kappa shape index (κ1) is 11.5. The average molecular weight is 239 g/mol. The zero-order chi connectivity index (χ0) is 11.5. The number of aliphatic hydroxyl groups is 1. The van der Waals surface area contributed by atoms with Crippen molar-refractivity contribution in [1.82, 2.24) is 0 Å². The van der Waals surface area contributed by atoms with Crippen molar-refractivity contribution in [1.29, 1.82) is 0 Å². The van der Waals surface area contributed by atoms with Crippen molar-refractivity contribution in [2.24, 2.45) is 0 Å². The summed E-state index contributed by atoms with van der Waals surface area (Å²) in [7, 11) is 0. The van der Waals surface area contributed by atoms with Gasteiger partial charge in [-0.2, -0.15) is 0 Å². The number of hydrogen-bond donors (Lipinski definition) is 1. The number of aryl methyl sites for hydroxylation is 1. The Balaban J connectivity index is 2.08. The van der Waals surface area contributed by atoms with Crippen LogP contribution in [0.5, 0.6) is 5.75 Å². The molecule has 0 fully saturated rings. The summed E-state index contributed by atoms with van der Waals surface area (Å²) in [6.07, 6.45) is 1.45. The molecule has 1 aliphatic rings. The van der Waals surface area contributed by atoms with Crippen molar-refractivity contribution in [3.63, 3.8) is 0 Å². The lowest BCUT2D eigenvalue weighted by Crippen LogP contribution is -1.99. The van der Waals surface area contributed by atoms with Gasteiger partial charge in [0, 0.05) is 5.54 Å². The van der Waals surface area contributed by atoms with Gasteiger partial charge in [-0.25, -0.2) is 0 Å². The topological polar surface area (TPSA) is 29.5 Å². The van der Waals surface area contributed by atoms with E-state index >= 15 is 0 Å². The lowest BCUT2D eigenvalue weighted by molar-refractivity contribution is 0.180. The van der Waals surface area contributed by atoms with Crippen LogP contribution in [0.1, 0.15) is 30.6 Å². The van der Waals surface area contributed by atoms with Crippen LogP contribution in [0.25, 0.3) is 0 Å². The van der Waals surface area contributed by atoms with Crippen LogP contribution >= 0.6 is 11.6 Å². The standard InChI is InChI=1S/C13H15ClO2/c1-9(7-14)8-16-11-3-4-12-10(6-11)2-5-13(12)15/h3-4,6-7,13,15H,2,5,8H2,1H3/b9-7-. The Hall–Kier alpha value is -0.990. The Labute approximate surface area is 101 Å². The number of halogens is 1. The predicted molar refractivity (Wildman–Crippen MR) is 64.8 cm³/mol. The lowest BCUT2D eigenvalue weighted by Gasteiger charge is -2.08. The minimum absolute atomic E-state index is 0.298. The minimum Gasteiger partial charge on any atom is -0.489 e. The van der Waals surface area contributed by atoms with Crippen molar-refractivity contribution in [2.75, 3.05) is 6.61 Å². The Morgan fingerprint density at radius 3 is 3.19 bits per heavy atom. The molecule has 1 aliphatic carbocycles.